The molecular formula is C25H30ClN5O3. The van der Waals surface area contributed by atoms with Gasteiger partial charge in [-0.3, -0.25) is 4.79 Å². The predicted molar refractivity (Wildman–Crippen MR) is 130 cm³/mol. The van der Waals surface area contributed by atoms with Crippen LogP contribution in [0.5, 0.6) is 0 Å². The molecule has 0 N–H and O–H groups in total. The van der Waals surface area contributed by atoms with Crippen LogP contribution in [0.3, 0.4) is 0 Å². The number of piperazine rings is 1. The summed E-state index contributed by atoms with van der Waals surface area (Å²) in [6.07, 6.45) is 7.44. The number of allylic oxidation sites excluding steroid dienone is 3. The number of carbonyl (C=O) groups excluding carboxylic acids is 2. The van der Waals surface area contributed by atoms with Gasteiger partial charge >= 0.3 is 6.09 Å². The van der Waals surface area contributed by atoms with Crippen molar-refractivity contribution in [3.8, 4) is 6.07 Å². The van der Waals surface area contributed by atoms with Gasteiger partial charge in [-0.2, -0.15) is 5.26 Å². The number of piperidine rings is 2. The van der Waals surface area contributed by atoms with Gasteiger partial charge in [0.1, 0.15) is 11.9 Å². The van der Waals surface area contributed by atoms with E-state index in [1.807, 2.05) is 30.9 Å². The minimum absolute atomic E-state index is 0.0331. The zero-order valence-corrected chi connectivity index (χ0v) is 20.7. The fourth-order valence-corrected chi connectivity index (χ4v) is 5.20. The number of halogens is 1. The van der Waals surface area contributed by atoms with Gasteiger partial charge in [-0.15, -0.1) is 0 Å². The zero-order chi connectivity index (χ0) is 24.6. The summed E-state index contributed by atoms with van der Waals surface area (Å²) in [5.74, 6) is 0.233. The van der Waals surface area contributed by atoms with E-state index in [4.69, 9.17) is 16.3 Å². The maximum Gasteiger partial charge on any atom is 0.410 e. The second-order valence-electron chi connectivity index (χ2n) is 9.54. The van der Waals surface area contributed by atoms with Crippen LogP contribution >= 0.6 is 11.6 Å². The lowest BCUT2D eigenvalue weighted by Crippen LogP contribution is -2.64. The highest BCUT2D eigenvalue weighted by molar-refractivity contribution is 6.32. The van der Waals surface area contributed by atoms with Crippen LogP contribution in [-0.4, -0.2) is 72.2 Å². The molecule has 0 radical (unpaired) electrons. The molecule has 3 saturated heterocycles. The highest BCUT2D eigenvalue weighted by Crippen LogP contribution is 2.36. The normalized spacial score (nSPS) is 23.9. The summed E-state index contributed by atoms with van der Waals surface area (Å²) < 4.78 is 5.41. The van der Waals surface area contributed by atoms with Gasteiger partial charge in [0.05, 0.1) is 23.6 Å². The number of nitrogens with zero attached hydrogens (tertiary/aromatic N) is 5. The van der Waals surface area contributed by atoms with Crippen LogP contribution in [0.15, 0.2) is 29.4 Å². The quantitative estimate of drug-likeness (QED) is 0.647. The molecule has 3 fully saturated rings. The molecular weight excluding hydrogens is 454 g/mol. The van der Waals surface area contributed by atoms with Crippen LogP contribution in [0, 0.1) is 17.2 Å². The van der Waals surface area contributed by atoms with Gasteiger partial charge in [0, 0.05) is 50.0 Å². The third-order valence-electron chi connectivity index (χ3n) is 6.63. The molecule has 0 saturated carbocycles. The molecule has 2 bridgehead atoms. The summed E-state index contributed by atoms with van der Waals surface area (Å²) in [6.45, 7) is 4.89. The Balaban J connectivity index is 1.53. The molecule has 3 atom stereocenters. The predicted octanol–water partition coefficient (Wildman–Crippen LogP) is 3.77. The first-order chi connectivity index (χ1) is 16.2. The van der Waals surface area contributed by atoms with Crippen molar-refractivity contribution in [2.24, 2.45) is 5.92 Å². The van der Waals surface area contributed by atoms with Crippen LogP contribution in [-0.2, 0) is 9.53 Å². The van der Waals surface area contributed by atoms with Crippen molar-refractivity contribution in [2.45, 2.75) is 51.3 Å². The van der Waals surface area contributed by atoms with Crippen molar-refractivity contribution >= 4 is 35.0 Å². The Hall–Kier alpha value is -3.05. The molecule has 4 heterocycles. The molecule has 1 aromatic heterocycles. The standard InChI is InChI=1S/C25H30ClN5O3/c1-15(2)34-25(33)31-14-19-6-7-20(31)13-30(19)23-17(11-27)9-18(12-28-23)16-5-8-21(22(26)10-16)24(32)29(3)4/h5,9-10,12,15,19-21H,6-8,13-14H2,1-4H3. The summed E-state index contributed by atoms with van der Waals surface area (Å²) in [4.78, 5) is 35.0. The highest BCUT2D eigenvalue weighted by Gasteiger charge is 2.43. The average Bonchev–Trinajstić information content (AvgIpc) is 2.82. The van der Waals surface area contributed by atoms with Crippen molar-refractivity contribution in [1.82, 2.24) is 14.8 Å². The van der Waals surface area contributed by atoms with Crippen LogP contribution in [0.4, 0.5) is 10.6 Å². The van der Waals surface area contributed by atoms with Crippen molar-refractivity contribution < 1.29 is 14.3 Å². The molecule has 180 valence electrons. The second kappa shape index (κ2) is 9.67. The number of pyridine rings is 1. The number of carbonyl (C=O) groups is 2. The molecule has 4 aliphatic rings. The van der Waals surface area contributed by atoms with Crippen LogP contribution < -0.4 is 4.90 Å². The Labute approximate surface area is 205 Å². The largest absolute Gasteiger partial charge is 0.447 e. The van der Waals surface area contributed by atoms with Gasteiger partial charge in [0.2, 0.25) is 5.91 Å². The van der Waals surface area contributed by atoms with E-state index in [0.29, 0.717) is 35.9 Å². The topological polar surface area (TPSA) is 89.8 Å². The SMILES string of the molecule is CC(C)OC(=O)N1CC2CCC1CN2c1ncc(C2=CCC(C(=O)N(C)C)C(Cl)=C2)cc1C#N. The van der Waals surface area contributed by atoms with E-state index in [1.54, 1.807) is 31.3 Å². The number of hydrogen-bond acceptors (Lipinski definition) is 6. The fraction of sp³-hybridized carbons (Fsp3) is 0.520. The van der Waals surface area contributed by atoms with E-state index >= 15 is 0 Å². The molecule has 3 aliphatic heterocycles. The Morgan fingerprint density at radius 1 is 1.26 bits per heavy atom. The second-order valence-corrected chi connectivity index (χ2v) is 9.98. The molecule has 1 aromatic rings. The Kier molecular flexibility index (Phi) is 6.85. The summed E-state index contributed by atoms with van der Waals surface area (Å²) in [5.41, 5.74) is 2.13. The van der Waals surface area contributed by atoms with Crippen molar-refractivity contribution in [1.29, 1.82) is 5.26 Å². The molecule has 3 unspecified atom stereocenters. The number of ether oxygens (including phenoxy) is 1. The van der Waals surface area contributed by atoms with Crippen LogP contribution in [0.2, 0.25) is 0 Å². The number of nitriles is 1. The summed E-state index contributed by atoms with van der Waals surface area (Å²) >= 11 is 6.44. The van der Waals surface area contributed by atoms with Crippen molar-refractivity contribution in [3.63, 3.8) is 0 Å². The summed E-state index contributed by atoms with van der Waals surface area (Å²) in [7, 11) is 3.43. The molecule has 2 amide bonds. The maximum atomic E-state index is 12.5. The molecule has 34 heavy (non-hydrogen) atoms. The zero-order valence-electron chi connectivity index (χ0n) is 20.0. The Morgan fingerprint density at radius 2 is 2.00 bits per heavy atom. The molecule has 8 nitrogen and oxygen atoms in total. The minimum atomic E-state index is -0.377. The average molecular weight is 484 g/mol. The number of hydrogen-bond donors (Lipinski definition) is 0. The monoisotopic (exact) mass is 483 g/mol. The van der Waals surface area contributed by atoms with Gasteiger partial charge in [-0.25, -0.2) is 9.78 Å². The minimum Gasteiger partial charge on any atom is -0.447 e. The molecule has 0 aromatic carbocycles. The Bertz CT molecular complexity index is 1090. The van der Waals surface area contributed by atoms with E-state index in [1.165, 1.54) is 0 Å². The van der Waals surface area contributed by atoms with E-state index in [0.717, 1.165) is 24.0 Å². The highest BCUT2D eigenvalue weighted by atomic mass is 35.5. The fourth-order valence-electron chi connectivity index (χ4n) is 4.90. The third kappa shape index (κ3) is 4.62. The van der Waals surface area contributed by atoms with Crippen LogP contribution in [0.25, 0.3) is 5.57 Å². The van der Waals surface area contributed by atoms with E-state index in [-0.39, 0.29) is 36.1 Å². The molecule has 1 aliphatic carbocycles. The van der Waals surface area contributed by atoms with Crippen molar-refractivity contribution in [2.75, 3.05) is 32.1 Å². The van der Waals surface area contributed by atoms with Gasteiger partial charge in [0.25, 0.3) is 0 Å². The number of rotatable bonds is 4. The van der Waals surface area contributed by atoms with E-state index in [2.05, 4.69) is 16.0 Å². The summed E-state index contributed by atoms with van der Waals surface area (Å²) in [6, 6.07) is 4.26. The molecule has 0 spiro atoms. The summed E-state index contributed by atoms with van der Waals surface area (Å²) in [5, 5.41) is 10.4. The number of amides is 2. The Morgan fingerprint density at radius 3 is 2.59 bits per heavy atom. The molecule has 9 heteroatoms. The van der Waals surface area contributed by atoms with E-state index < -0.39 is 0 Å². The number of aromatic nitrogens is 1. The van der Waals surface area contributed by atoms with Gasteiger partial charge in [-0.1, -0.05) is 17.7 Å². The number of anilines is 1. The lowest BCUT2D eigenvalue weighted by Gasteiger charge is -2.51. The molecule has 5 rings (SSSR count). The first kappa shape index (κ1) is 24.1. The van der Waals surface area contributed by atoms with Crippen LogP contribution in [0.1, 0.15) is 44.2 Å². The van der Waals surface area contributed by atoms with Gasteiger partial charge in [-0.05, 0) is 50.8 Å². The van der Waals surface area contributed by atoms with Gasteiger partial charge in [0.15, 0.2) is 0 Å². The van der Waals surface area contributed by atoms with E-state index in [9.17, 15) is 14.9 Å². The third-order valence-corrected chi connectivity index (χ3v) is 7.00. The smallest absolute Gasteiger partial charge is 0.410 e. The van der Waals surface area contributed by atoms with Crippen molar-refractivity contribution in [3.05, 3.63) is 40.6 Å². The van der Waals surface area contributed by atoms with Gasteiger partial charge < -0.3 is 19.4 Å². The number of fused-ring (bicyclic) bond motifs is 3. The maximum absolute atomic E-state index is 12.5. The lowest BCUT2D eigenvalue weighted by atomic mass is 9.90. The first-order valence-corrected chi connectivity index (χ1v) is 12.0. The first-order valence-electron chi connectivity index (χ1n) is 11.6. The lowest BCUT2D eigenvalue weighted by molar-refractivity contribution is -0.131.